The Labute approximate surface area is 146 Å². The van der Waals surface area contributed by atoms with Gasteiger partial charge in [0.2, 0.25) is 5.91 Å². The number of aromatic nitrogens is 1. The van der Waals surface area contributed by atoms with Crippen LogP contribution in [0.3, 0.4) is 0 Å². The molecular weight excluding hydrogens is 343 g/mol. The van der Waals surface area contributed by atoms with E-state index in [2.05, 4.69) is 9.88 Å². The summed E-state index contributed by atoms with van der Waals surface area (Å²) in [5.41, 5.74) is 2.68. The molecule has 7 heteroatoms. The van der Waals surface area contributed by atoms with Crippen molar-refractivity contribution in [1.29, 1.82) is 0 Å². The number of benzene rings is 2. The first kappa shape index (κ1) is 17.0. The Morgan fingerprint density at radius 2 is 1.88 bits per heavy atom. The average Bonchev–Trinajstić information content (AvgIpc) is 2.96. The molecule has 0 radical (unpaired) electrons. The second-order valence-electron chi connectivity index (χ2n) is 5.42. The molecule has 0 spiro atoms. The van der Waals surface area contributed by atoms with Crippen LogP contribution in [0.1, 0.15) is 12.7 Å². The molecular formula is C18H15FN2O3S. The highest BCUT2D eigenvalue weighted by molar-refractivity contribution is 7.83. The predicted molar refractivity (Wildman–Crippen MR) is 92.3 cm³/mol. The normalized spacial score (nSPS) is 12.0. The van der Waals surface area contributed by atoms with E-state index in [9.17, 15) is 13.4 Å². The van der Waals surface area contributed by atoms with Crippen molar-refractivity contribution in [3.8, 4) is 22.4 Å². The third kappa shape index (κ3) is 3.66. The Balaban J connectivity index is 1.99. The lowest BCUT2D eigenvalue weighted by atomic mass is 9.99. The summed E-state index contributed by atoms with van der Waals surface area (Å²) in [6, 6.07) is 13.0. The number of nitrogens with zero attached hydrogens (tertiary/aromatic N) is 1. The number of rotatable bonds is 4. The maximum Gasteiger partial charge on any atom is 0.228 e. The zero-order valence-corrected chi connectivity index (χ0v) is 14.4. The fourth-order valence-electron chi connectivity index (χ4n) is 2.48. The molecule has 1 amide bonds. The van der Waals surface area contributed by atoms with Crippen LogP contribution in [0.15, 0.2) is 57.9 Å². The van der Waals surface area contributed by atoms with Gasteiger partial charge in [0.25, 0.3) is 0 Å². The van der Waals surface area contributed by atoms with Crippen molar-refractivity contribution in [3.05, 3.63) is 60.1 Å². The predicted octanol–water partition coefficient (Wildman–Crippen LogP) is 3.61. The van der Waals surface area contributed by atoms with Gasteiger partial charge < -0.3 is 4.52 Å². The third-order valence-corrected chi connectivity index (χ3v) is 4.73. The molecule has 5 nitrogen and oxygen atoms in total. The van der Waals surface area contributed by atoms with Crippen LogP contribution in [0.25, 0.3) is 22.4 Å². The minimum atomic E-state index is -1.61. The molecule has 1 aromatic heterocycles. The van der Waals surface area contributed by atoms with Crippen molar-refractivity contribution in [3.63, 3.8) is 0 Å². The van der Waals surface area contributed by atoms with Gasteiger partial charge in [-0.05, 0) is 36.8 Å². The minimum absolute atomic E-state index is 0.356. The molecule has 0 aliphatic heterocycles. The minimum Gasteiger partial charge on any atom is -0.360 e. The summed E-state index contributed by atoms with van der Waals surface area (Å²) in [4.78, 5) is 11.5. The third-order valence-electron chi connectivity index (χ3n) is 3.55. The van der Waals surface area contributed by atoms with E-state index in [4.69, 9.17) is 4.52 Å². The number of halogens is 1. The zero-order valence-electron chi connectivity index (χ0n) is 13.6. The number of aryl methyl sites for hydroxylation is 1. The summed E-state index contributed by atoms with van der Waals surface area (Å²) in [5, 5.41) is 4.04. The average molecular weight is 358 g/mol. The SMILES string of the molecule is CC(=O)NS(=O)c1ccc(-c2c(-c3cccc(F)c3)noc2C)cc1. The van der Waals surface area contributed by atoms with Gasteiger partial charge in [0, 0.05) is 12.5 Å². The topological polar surface area (TPSA) is 72.2 Å². The van der Waals surface area contributed by atoms with E-state index in [1.807, 2.05) is 0 Å². The van der Waals surface area contributed by atoms with E-state index < -0.39 is 11.0 Å². The number of carbonyl (C=O) groups excluding carboxylic acids is 1. The maximum atomic E-state index is 13.5. The Hall–Kier alpha value is -2.80. The fraction of sp³-hybridized carbons (Fsp3) is 0.111. The molecule has 0 aliphatic rings. The summed E-state index contributed by atoms with van der Waals surface area (Å²) in [5.74, 6) is -0.133. The van der Waals surface area contributed by atoms with Gasteiger partial charge in [-0.2, -0.15) is 0 Å². The molecule has 0 saturated carbocycles. The van der Waals surface area contributed by atoms with Gasteiger partial charge in [-0.15, -0.1) is 0 Å². The Morgan fingerprint density at radius 1 is 1.16 bits per heavy atom. The number of carbonyl (C=O) groups is 1. The Morgan fingerprint density at radius 3 is 2.52 bits per heavy atom. The van der Waals surface area contributed by atoms with E-state index in [1.165, 1.54) is 19.1 Å². The summed E-state index contributed by atoms with van der Waals surface area (Å²) >= 11 is 0. The first-order valence-electron chi connectivity index (χ1n) is 7.47. The second kappa shape index (κ2) is 6.98. The zero-order chi connectivity index (χ0) is 18.0. The van der Waals surface area contributed by atoms with E-state index in [0.29, 0.717) is 21.9 Å². The van der Waals surface area contributed by atoms with Gasteiger partial charge in [-0.3, -0.25) is 9.52 Å². The standard InChI is InChI=1S/C18H15FN2O3S/c1-11-17(18(20-24-11)14-4-3-5-15(19)10-14)13-6-8-16(9-7-13)25(23)21-12(2)22/h3-10H,1-2H3,(H,21,22). The summed E-state index contributed by atoms with van der Waals surface area (Å²) in [6.07, 6.45) is 0. The van der Waals surface area contributed by atoms with Gasteiger partial charge in [-0.1, -0.05) is 29.4 Å². The number of amides is 1. The lowest BCUT2D eigenvalue weighted by Gasteiger charge is -2.06. The van der Waals surface area contributed by atoms with Crippen LogP contribution >= 0.6 is 0 Å². The van der Waals surface area contributed by atoms with Crippen molar-refractivity contribution >= 4 is 16.9 Å². The molecule has 0 fully saturated rings. The molecule has 1 N–H and O–H groups in total. The molecule has 1 unspecified atom stereocenters. The molecule has 3 aromatic rings. The van der Waals surface area contributed by atoms with E-state index in [-0.39, 0.29) is 11.7 Å². The van der Waals surface area contributed by atoms with Gasteiger partial charge in [0.15, 0.2) is 11.0 Å². The van der Waals surface area contributed by atoms with Crippen molar-refractivity contribution < 1.29 is 17.9 Å². The monoisotopic (exact) mass is 358 g/mol. The van der Waals surface area contributed by atoms with Crippen molar-refractivity contribution in [1.82, 2.24) is 9.88 Å². The van der Waals surface area contributed by atoms with Gasteiger partial charge in [-0.25, -0.2) is 8.60 Å². The Kier molecular flexibility index (Phi) is 4.76. The largest absolute Gasteiger partial charge is 0.360 e. The molecule has 0 aliphatic carbocycles. The van der Waals surface area contributed by atoms with Crippen molar-refractivity contribution in [2.24, 2.45) is 0 Å². The number of nitrogens with one attached hydrogen (secondary N) is 1. The van der Waals surface area contributed by atoms with Crippen molar-refractivity contribution in [2.45, 2.75) is 18.7 Å². The number of hydrogen-bond donors (Lipinski definition) is 1. The molecule has 25 heavy (non-hydrogen) atoms. The molecule has 3 rings (SSSR count). The highest BCUT2D eigenvalue weighted by atomic mass is 32.2. The Bertz CT molecular complexity index is 951. The lowest BCUT2D eigenvalue weighted by molar-refractivity contribution is -0.117. The highest BCUT2D eigenvalue weighted by Gasteiger charge is 2.17. The quantitative estimate of drug-likeness (QED) is 0.773. The summed E-state index contributed by atoms with van der Waals surface area (Å²) < 4.78 is 33.1. The van der Waals surface area contributed by atoms with Crippen LogP contribution < -0.4 is 4.72 Å². The van der Waals surface area contributed by atoms with E-state index >= 15 is 0 Å². The van der Waals surface area contributed by atoms with Crippen molar-refractivity contribution in [2.75, 3.05) is 0 Å². The lowest BCUT2D eigenvalue weighted by Crippen LogP contribution is -2.22. The van der Waals surface area contributed by atoms with Crippen LogP contribution in [-0.4, -0.2) is 15.3 Å². The molecule has 0 saturated heterocycles. The molecule has 2 aromatic carbocycles. The van der Waals surface area contributed by atoms with E-state index in [0.717, 1.165) is 11.1 Å². The molecule has 0 bridgehead atoms. The molecule has 1 atom stereocenters. The maximum absolute atomic E-state index is 13.5. The van der Waals surface area contributed by atoms with Gasteiger partial charge in [0.05, 0.1) is 10.5 Å². The summed E-state index contributed by atoms with van der Waals surface area (Å²) in [7, 11) is -1.61. The van der Waals surface area contributed by atoms with Gasteiger partial charge >= 0.3 is 0 Å². The molecule has 128 valence electrons. The highest BCUT2D eigenvalue weighted by Crippen LogP contribution is 2.34. The second-order valence-corrected chi connectivity index (χ2v) is 6.64. The van der Waals surface area contributed by atoms with E-state index in [1.54, 1.807) is 43.3 Å². The van der Waals surface area contributed by atoms with Gasteiger partial charge in [0.1, 0.15) is 17.3 Å². The smallest absolute Gasteiger partial charge is 0.228 e. The number of hydrogen-bond acceptors (Lipinski definition) is 4. The first-order valence-corrected chi connectivity index (χ1v) is 8.62. The molecule has 1 heterocycles. The first-order chi connectivity index (χ1) is 12.0. The van der Waals surface area contributed by atoms with Crippen LogP contribution in [-0.2, 0) is 15.8 Å². The van der Waals surface area contributed by atoms with Crippen LogP contribution in [0.4, 0.5) is 4.39 Å². The van der Waals surface area contributed by atoms with Crippen LogP contribution in [0.5, 0.6) is 0 Å². The van der Waals surface area contributed by atoms with Crippen LogP contribution in [0.2, 0.25) is 0 Å². The fourth-order valence-corrected chi connectivity index (χ4v) is 3.24. The summed E-state index contributed by atoms with van der Waals surface area (Å²) in [6.45, 7) is 3.08. The van der Waals surface area contributed by atoms with Crippen LogP contribution in [0, 0.1) is 12.7 Å².